The van der Waals surface area contributed by atoms with Crippen LogP contribution in [-0.4, -0.2) is 44.2 Å². The van der Waals surface area contributed by atoms with Crippen molar-refractivity contribution in [1.82, 2.24) is 10.2 Å². The summed E-state index contributed by atoms with van der Waals surface area (Å²) in [6.07, 6.45) is 1.24. The van der Waals surface area contributed by atoms with Crippen molar-refractivity contribution in [1.29, 1.82) is 0 Å². The summed E-state index contributed by atoms with van der Waals surface area (Å²) in [6, 6.07) is 7.17. The molecular weight excluding hydrogens is 314 g/mol. The maximum absolute atomic E-state index is 3.62. The summed E-state index contributed by atoms with van der Waals surface area (Å²) in [5.41, 5.74) is 2.77. The van der Waals surface area contributed by atoms with Crippen LogP contribution in [0, 0.1) is 0 Å². The highest BCUT2D eigenvalue weighted by Crippen LogP contribution is 2.26. The van der Waals surface area contributed by atoms with Crippen LogP contribution in [0.4, 0.5) is 5.69 Å². The third-order valence-electron chi connectivity index (χ3n) is 3.81. The Kier molecular flexibility index (Phi) is 5.87. The van der Waals surface area contributed by atoms with Gasteiger partial charge in [0.05, 0.1) is 0 Å². The quantitative estimate of drug-likeness (QED) is 0.909. The molecular formula is C16H26BrN3. The van der Waals surface area contributed by atoms with E-state index < -0.39 is 0 Å². The van der Waals surface area contributed by atoms with Crippen molar-refractivity contribution in [3.8, 4) is 0 Å². The number of nitrogens with one attached hydrogen (secondary N) is 1. The number of hydrogen-bond acceptors (Lipinski definition) is 3. The van der Waals surface area contributed by atoms with Crippen LogP contribution in [0.2, 0.25) is 0 Å². The highest BCUT2D eigenvalue weighted by Gasteiger charge is 2.16. The molecule has 1 aromatic rings. The smallest absolute Gasteiger partial charge is 0.0423 e. The van der Waals surface area contributed by atoms with Gasteiger partial charge in [0.1, 0.15) is 0 Å². The van der Waals surface area contributed by atoms with E-state index in [1.165, 1.54) is 28.7 Å². The Labute approximate surface area is 131 Å². The van der Waals surface area contributed by atoms with Crippen LogP contribution in [-0.2, 0) is 6.54 Å². The minimum Gasteiger partial charge on any atom is -0.370 e. The minimum atomic E-state index is 0.516. The van der Waals surface area contributed by atoms with E-state index in [2.05, 4.69) is 70.1 Å². The van der Waals surface area contributed by atoms with Crippen molar-refractivity contribution in [2.45, 2.75) is 32.9 Å². The van der Waals surface area contributed by atoms with Crippen LogP contribution in [0.25, 0.3) is 0 Å². The summed E-state index contributed by atoms with van der Waals surface area (Å²) in [4.78, 5) is 4.95. The van der Waals surface area contributed by atoms with Gasteiger partial charge in [0, 0.05) is 42.4 Å². The number of likely N-dealkylation sites (N-methyl/N-ethyl adjacent to an activating group) is 1. The van der Waals surface area contributed by atoms with E-state index in [-0.39, 0.29) is 0 Å². The van der Waals surface area contributed by atoms with Crippen LogP contribution in [0.5, 0.6) is 0 Å². The molecule has 0 radical (unpaired) electrons. The number of hydrogen-bond donors (Lipinski definition) is 1. The molecule has 0 saturated carbocycles. The predicted molar refractivity (Wildman–Crippen MR) is 90.4 cm³/mol. The molecule has 1 aliphatic heterocycles. The minimum absolute atomic E-state index is 0.516. The molecule has 1 heterocycles. The number of rotatable bonds is 4. The Hall–Kier alpha value is -0.580. The average molecular weight is 340 g/mol. The van der Waals surface area contributed by atoms with E-state index in [0.717, 1.165) is 26.2 Å². The first-order valence-electron chi connectivity index (χ1n) is 7.51. The van der Waals surface area contributed by atoms with Gasteiger partial charge < -0.3 is 15.1 Å². The van der Waals surface area contributed by atoms with Crippen molar-refractivity contribution < 1.29 is 0 Å². The Balaban J connectivity index is 2.17. The van der Waals surface area contributed by atoms with E-state index in [0.29, 0.717) is 6.04 Å². The SMILES string of the molecule is CC(C)NCc1ccc(Br)cc1N1CCCN(C)CC1. The summed E-state index contributed by atoms with van der Waals surface area (Å²) in [5.74, 6) is 0. The number of benzene rings is 1. The maximum atomic E-state index is 3.62. The molecule has 0 atom stereocenters. The van der Waals surface area contributed by atoms with Crippen LogP contribution in [0.3, 0.4) is 0 Å². The van der Waals surface area contributed by atoms with E-state index in [1.54, 1.807) is 0 Å². The van der Waals surface area contributed by atoms with E-state index in [9.17, 15) is 0 Å². The molecule has 0 aliphatic carbocycles. The lowest BCUT2D eigenvalue weighted by molar-refractivity contribution is 0.360. The number of nitrogens with zero attached hydrogens (tertiary/aromatic N) is 2. The second-order valence-corrected chi connectivity index (χ2v) is 6.87. The largest absolute Gasteiger partial charge is 0.370 e. The lowest BCUT2D eigenvalue weighted by Gasteiger charge is -2.26. The molecule has 0 aromatic heterocycles. The third kappa shape index (κ3) is 4.47. The normalized spacial score (nSPS) is 17.6. The molecule has 0 bridgehead atoms. The molecule has 0 spiro atoms. The molecule has 0 amide bonds. The first-order valence-corrected chi connectivity index (χ1v) is 8.31. The first kappa shape index (κ1) is 15.8. The Morgan fingerprint density at radius 1 is 1.20 bits per heavy atom. The molecule has 1 saturated heterocycles. The monoisotopic (exact) mass is 339 g/mol. The van der Waals surface area contributed by atoms with Gasteiger partial charge in [-0.05, 0) is 37.7 Å². The summed E-state index contributed by atoms with van der Waals surface area (Å²) >= 11 is 3.62. The van der Waals surface area contributed by atoms with Gasteiger partial charge in [-0.1, -0.05) is 35.8 Å². The van der Waals surface area contributed by atoms with Gasteiger partial charge in [0.25, 0.3) is 0 Å². The van der Waals surface area contributed by atoms with Crippen LogP contribution in [0.15, 0.2) is 22.7 Å². The van der Waals surface area contributed by atoms with E-state index in [1.807, 2.05) is 0 Å². The maximum Gasteiger partial charge on any atom is 0.0423 e. The number of anilines is 1. The molecule has 2 rings (SSSR count). The van der Waals surface area contributed by atoms with Gasteiger partial charge in [-0.3, -0.25) is 0 Å². The van der Waals surface area contributed by atoms with Gasteiger partial charge in [-0.2, -0.15) is 0 Å². The van der Waals surface area contributed by atoms with Crippen LogP contribution < -0.4 is 10.2 Å². The molecule has 112 valence electrons. The predicted octanol–water partition coefficient (Wildman–Crippen LogP) is 3.09. The van der Waals surface area contributed by atoms with Crippen LogP contribution >= 0.6 is 15.9 Å². The van der Waals surface area contributed by atoms with Gasteiger partial charge in [-0.15, -0.1) is 0 Å². The molecule has 1 fully saturated rings. The Morgan fingerprint density at radius 3 is 2.75 bits per heavy atom. The topological polar surface area (TPSA) is 18.5 Å². The zero-order valence-electron chi connectivity index (χ0n) is 12.8. The Bertz CT molecular complexity index is 434. The highest BCUT2D eigenvalue weighted by atomic mass is 79.9. The van der Waals surface area contributed by atoms with E-state index >= 15 is 0 Å². The summed E-state index contributed by atoms with van der Waals surface area (Å²) in [5, 5.41) is 3.53. The second-order valence-electron chi connectivity index (χ2n) is 5.95. The molecule has 4 heteroatoms. The van der Waals surface area contributed by atoms with Crippen molar-refractivity contribution in [2.24, 2.45) is 0 Å². The fourth-order valence-electron chi connectivity index (χ4n) is 2.58. The zero-order valence-corrected chi connectivity index (χ0v) is 14.4. The van der Waals surface area contributed by atoms with Gasteiger partial charge in [0.15, 0.2) is 0 Å². The molecule has 20 heavy (non-hydrogen) atoms. The molecule has 3 nitrogen and oxygen atoms in total. The first-order chi connectivity index (χ1) is 9.56. The number of halogens is 1. The summed E-state index contributed by atoms with van der Waals surface area (Å²) in [6.45, 7) is 9.93. The molecule has 1 aromatic carbocycles. The van der Waals surface area contributed by atoms with E-state index in [4.69, 9.17) is 0 Å². The lowest BCUT2D eigenvalue weighted by atomic mass is 10.1. The van der Waals surface area contributed by atoms with Crippen molar-refractivity contribution in [2.75, 3.05) is 38.1 Å². The molecule has 0 unspecified atom stereocenters. The van der Waals surface area contributed by atoms with Gasteiger partial charge in [0.2, 0.25) is 0 Å². The fourth-order valence-corrected chi connectivity index (χ4v) is 2.93. The zero-order chi connectivity index (χ0) is 14.5. The summed E-state index contributed by atoms with van der Waals surface area (Å²) < 4.78 is 1.17. The van der Waals surface area contributed by atoms with Gasteiger partial charge in [-0.25, -0.2) is 0 Å². The molecule has 1 N–H and O–H groups in total. The standard InChI is InChI=1S/C16H26BrN3/c1-13(2)18-12-14-5-6-15(17)11-16(14)20-8-4-7-19(3)9-10-20/h5-6,11,13,18H,4,7-10,12H2,1-3H3. The summed E-state index contributed by atoms with van der Waals surface area (Å²) in [7, 11) is 2.21. The highest BCUT2D eigenvalue weighted by molar-refractivity contribution is 9.10. The average Bonchev–Trinajstić information content (AvgIpc) is 2.62. The second kappa shape index (κ2) is 7.43. The molecule has 1 aliphatic rings. The van der Waals surface area contributed by atoms with Gasteiger partial charge >= 0.3 is 0 Å². The Morgan fingerprint density at radius 2 is 2.00 bits per heavy atom. The van der Waals surface area contributed by atoms with Crippen molar-refractivity contribution in [3.05, 3.63) is 28.2 Å². The lowest BCUT2D eigenvalue weighted by Crippen LogP contribution is -2.30. The van der Waals surface area contributed by atoms with Crippen molar-refractivity contribution in [3.63, 3.8) is 0 Å². The van der Waals surface area contributed by atoms with Crippen molar-refractivity contribution >= 4 is 21.6 Å². The fraction of sp³-hybridized carbons (Fsp3) is 0.625. The third-order valence-corrected chi connectivity index (χ3v) is 4.30. The van der Waals surface area contributed by atoms with Crippen LogP contribution in [0.1, 0.15) is 25.8 Å².